The smallest absolute Gasteiger partial charge is 0.523 e. The van der Waals surface area contributed by atoms with Crippen molar-refractivity contribution in [2.24, 2.45) is 0 Å². The molecule has 2 aromatic rings. The fraction of sp³-hybridized carbons (Fsp3) is 0.292. The van der Waals surface area contributed by atoms with Crippen molar-refractivity contribution in [3.8, 4) is 0 Å². The molecule has 4 rings (SSSR count). The molecule has 156 valence electrons. The number of allylic oxidation sites excluding steroid dienone is 1. The minimum Gasteiger partial charge on any atom is -0.593 e. The molecule has 0 spiro atoms. The number of carbonyl (C=O) groups is 1. The van der Waals surface area contributed by atoms with Crippen LogP contribution in [0.1, 0.15) is 37.8 Å². The largest absolute Gasteiger partial charge is 0.593 e. The number of thioether (sulfide) groups is 1. The van der Waals surface area contributed by atoms with Gasteiger partial charge in [-0.1, -0.05) is 36.4 Å². The Labute approximate surface area is 179 Å². The lowest BCUT2D eigenvalue weighted by molar-refractivity contribution is -0.770. The zero-order valence-electron chi connectivity index (χ0n) is 16.8. The predicted molar refractivity (Wildman–Crippen MR) is 113 cm³/mol. The Hall–Kier alpha value is -2.41. The van der Waals surface area contributed by atoms with Gasteiger partial charge in [0.2, 0.25) is 0 Å². The van der Waals surface area contributed by atoms with E-state index < -0.39 is 18.2 Å². The second-order valence-corrected chi connectivity index (χ2v) is 9.73. The van der Waals surface area contributed by atoms with Crippen molar-refractivity contribution in [2.45, 2.75) is 48.5 Å². The first-order chi connectivity index (χ1) is 14.3. The Kier molecular flexibility index (Phi) is 5.57. The van der Waals surface area contributed by atoms with Crippen molar-refractivity contribution in [1.29, 1.82) is 0 Å². The monoisotopic (exact) mass is 426 g/mol. The van der Waals surface area contributed by atoms with Crippen LogP contribution in [0, 0.1) is 5.82 Å². The fourth-order valence-corrected chi connectivity index (χ4v) is 5.24. The number of aliphatic hydroxyl groups is 1. The minimum atomic E-state index is -0.829. The minimum absolute atomic E-state index is 0.170. The van der Waals surface area contributed by atoms with E-state index in [4.69, 9.17) is 0 Å². The molecule has 2 heterocycles. The molecule has 0 unspecified atom stereocenters. The summed E-state index contributed by atoms with van der Waals surface area (Å²) >= 11 is 1.71. The molecule has 0 saturated carbocycles. The summed E-state index contributed by atoms with van der Waals surface area (Å²) in [5.41, 5.74) is 3.86. The van der Waals surface area contributed by atoms with Crippen molar-refractivity contribution in [1.82, 2.24) is 0 Å². The summed E-state index contributed by atoms with van der Waals surface area (Å²) in [5.74, 6) is -0.985. The van der Waals surface area contributed by atoms with Gasteiger partial charge in [-0.25, -0.2) is 4.39 Å². The van der Waals surface area contributed by atoms with Crippen molar-refractivity contribution in [2.75, 3.05) is 0 Å². The highest BCUT2D eigenvalue weighted by Gasteiger charge is 2.36. The van der Waals surface area contributed by atoms with Gasteiger partial charge in [-0.2, -0.15) is 0 Å². The first kappa shape index (κ1) is 20.8. The number of carbonyl (C=O) groups excluding carboxylic acids is 1. The van der Waals surface area contributed by atoms with E-state index in [0.29, 0.717) is 0 Å². The van der Waals surface area contributed by atoms with Crippen molar-refractivity contribution >= 4 is 23.3 Å². The van der Waals surface area contributed by atoms with Crippen molar-refractivity contribution in [3.05, 3.63) is 83.2 Å². The molecule has 2 aromatic carbocycles. The maximum Gasteiger partial charge on any atom is 0.523 e. The average Bonchev–Trinajstić information content (AvgIpc) is 2.69. The van der Waals surface area contributed by atoms with Crippen LogP contribution in [0.5, 0.6) is 0 Å². The van der Waals surface area contributed by atoms with Crippen LogP contribution in [0.15, 0.2) is 71.2 Å². The summed E-state index contributed by atoms with van der Waals surface area (Å²) in [6.07, 6.45) is 1.94. The molecule has 0 aromatic heterocycles. The van der Waals surface area contributed by atoms with E-state index in [-0.39, 0.29) is 23.4 Å². The molecule has 30 heavy (non-hydrogen) atoms. The predicted octanol–water partition coefficient (Wildman–Crippen LogP) is 3.95. The Morgan fingerprint density at radius 2 is 1.90 bits per heavy atom. The number of benzene rings is 2. The SMILES string of the molecule is CC1(C)Sc2ccccc2C(c2ccc(F)cc2)=C1C=C[C@H]1C[C@H](O)CC(=O)[O+]1[O-]. The molecule has 0 amide bonds. The molecule has 2 aliphatic rings. The van der Waals surface area contributed by atoms with Gasteiger partial charge in [0.15, 0.2) is 6.10 Å². The standard InChI is InChI=1S/C24H23FO4S/c1-24(2)20(12-11-18-13-17(26)14-22(27)29(18)28)23(15-7-9-16(25)10-8-15)19-5-3-4-6-21(19)30-24/h3-12,17-18,26H,13-14H2,1-2H3/t17-,18-/m0/s1. The fourth-order valence-electron chi connectivity index (χ4n) is 3.99. The van der Waals surface area contributed by atoms with Gasteiger partial charge in [0.05, 0.1) is 6.10 Å². The molecular formula is C24H23FO4S. The van der Waals surface area contributed by atoms with Gasteiger partial charge in [0.1, 0.15) is 12.2 Å². The number of cyclic esters (lactones) is 1. The summed E-state index contributed by atoms with van der Waals surface area (Å²) < 4.78 is 14.6. The summed E-state index contributed by atoms with van der Waals surface area (Å²) in [7, 11) is 0. The van der Waals surface area contributed by atoms with E-state index in [2.05, 4.69) is 19.9 Å². The second kappa shape index (κ2) is 8.02. The normalized spacial score (nSPS) is 23.8. The summed E-state index contributed by atoms with van der Waals surface area (Å²) in [4.78, 5) is 12.9. The van der Waals surface area contributed by atoms with E-state index >= 15 is 0 Å². The van der Waals surface area contributed by atoms with Gasteiger partial charge in [0, 0.05) is 20.9 Å². The first-order valence-corrected chi connectivity index (χ1v) is 10.7. The molecule has 2 aliphatic heterocycles. The number of halogens is 1. The van der Waals surface area contributed by atoms with Crippen molar-refractivity contribution in [3.63, 3.8) is 0 Å². The third-order valence-electron chi connectivity index (χ3n) is 5.46. The second-order valence-electron chi connectivity index (χ2n) is 8.06. The van der Waals surface area contributed by atoms with E-state index in [9.17, 15) is 19.5 Å². The average molecular weight is 427 g/mol. The molecule has 2 atom stereocenters. The zero-order chi connectivity index (χ0) is 21.5. The van der Waals surface area contributed by atoms with E-state index in [1.54, 1.807) is 30.0 Å². The molecule has 4 nitrogen and oxygen atoms in total. The Morgan fingerprint density at radius 3 is 2.63 bits per heavy atom. The van der Waals surface area contributed by atoms with E-state index in [1.165, 1.54) is 16.7 Å². The highest BCUT2D eigenvalue weighted by molar-refractivity contribution is 8.01. The quantitative estimate of drug-likeness (QED) is 0.459. The summed E-state index contributed by atoms with van der Waals surface area (Å²) in [5, 5.41) is 22.1. The third kappa shape index (κ3) is 3.95. The van der Waals surface area contributed by atoms with Gasteiger partial charge in [-0.15, -0.1) is 11.8 Å². The van der Waals surface area contributed by atoms with E-state index in [0.717, 1.165) is 27.2 Å². The van der Waals surface area contributed by atoms with Gasteiger partial charge < -0.3 is 14.9 Å². The zero-order valence-corrected chi connectivity index (χ0v) is 17.6. The Balaban J connectivity index is 1.85. The third-order valence-corrected chi connectivity index (χ3v) is 6.76. The Morgan fingerprint density at radius 1 is 1.20 bits per heavy atom. The van der Waals surface area contributed by atoms with Crippen LogP contribution >= 0.6 is 11.8 Å². The van der Waals surface area contributed by atoms with Crippen LogP contribution < -0.4 is 5.26 Å². The van der Waals surface area contributed by atoms with Gasteiger partial charge >= 0.3 is 5.97 Å². The molecule has 0 radical (unpaired) electrons. The molecule has 1 N–H and O–H groups in total. The van der Waals surface area contributed by atoms with Crippen LogP contribution in [-0.4, -0.2) is 28.0 Å². The van der Waals surface area contributed by atoms with Crippen molar-refractivity contribution < 1.29 is 24.1 Å². The molecular weight excluding hydrogens is 403 g/mol. The van der Waals surface area contributed by atoms with Crippen LogP contribution in [0.25, 0.3) is 5.57 Å². The lowest BCUT2D eigenvalue weighted by Gasteiger charge is -2.38. The topological polar surface area (TPSA) is 63.1 Å². The highest BCUT2D eigenvalue weighted by atomic mass is 32.2. The van der Waals surface area contributed by atoms with Crippen LogP contribution in [0.3, 0.4) is 0 Å². The maximum absolute atomic E-state index is 13.6. The van der Waals surface area contributed by atoms with Crippen LogP contribution in [0.4, 0.5) is 4.39 Å². The van der Waals surface area contributed by atoms with Crippen LogP contribution in [-0.2, 0) is 9.31 Å². The molecule has 1 saturated heterocycles. The maximum atomic E-state index is 13.6. The lowest BCUT2D eigenvalue weighted by atomic mass is 9.86. The number of fused-ring (bicyclic) bond motifs is 1. The van der Waals surface area contributed by atoms with Gasteiger partial charge in [0.25, 0.3) is 0 Å². The highest BCUT2D eigenvalue weighted by Crippen LogP contribution is 2.50. The molecule has 0 bridgehead atoms. The number of hydrogen-bond acceptors (Lipinski definition) is 4. The molecule has 1 fully saturated rings. The number of aliphatic hydroxyl groups excluding tert-OH is 1. The van der Waals surface area contributed by atoms with Crippen LogP contribution in [0.2, 0.25) is 0 Å². The number of rotatable bonds is 3. The first-order valence-electron chi connectivity index (χ1n) is 9.85. The number of hydrogen-bond donors (Lipinski definition) is 1. The molecule has 6 heteroatoms. The van der Waals surface area contributed by atoms with E-state index in [1.807, 2.05) is 24.3 Å². The summed E-state index contributed by atoms with van der Waals surface area (Å²) in [6.45, 7) is 4.19. The van der Waals surface area contributed by atoms with Gasteiger partial charge in [-0.05, 0) is 60.4 Å². The lowest BCUT2D eigenvalue weighted by Crippen LogP contribution is -2.47. The Bertz CT molecular complexity index is 1030. The van der Waals surface area contributed by atoms with Gasteiger partial charge in [-0.3, -0.25) is 0 Å². The molecule has 0 aliphatic carbocycles. The summed E-state index contributed by atoms with van der Waals surface area (Å²) in [6, 6.07) is 14.4.